The van der Waals surface area contributed by atoms with Crippen molar-refractivity contribution in [2.75, 3.05) is 0 Å². The van der Waals surface area contributed by atoms with Crippen molar-refractivity contribution in [2.24, 2.45) is 11.7 Å². The first-order valence-corrected chi connectivity index (χ1v) is 12.8. The minimum atomic E-state index is -1.71. The number of aliphatic carboxylic acids is 2. The van der Waals surface area contributed by atoms with E-state index in [1.165, 1.54) is 12.1 Å². The van der Waals surface area contributed by atoms with Gasteiger partial charge in [-0.25, -0.2) is 4.79 Å². The molecule has 3 amide bonds. The smallest absolute Gasteiger partial charge is 0.326 e. The number of nitrogens with one attached hydrogen (secondary N) is 3. The van der Waals surface area contributed by atoms with E-state index in [4.69, 9.17) is 10.8 Å². The number of amides is 3. The first kappa shape index (κ1) is 31.8. The van der Waals surface area contributed by atoms with Gasteiger partial charge >= 0.3 is 11.9 Å². The summed E-state index contributed by atoms with van der Waals surface area (Å²) in [6.07, 6.45) is -0.210. The summed E-state index contributed by atoms with van der Waals surface area (Å²) in [6, 6.07) is 9.82. The van der Waals surface area contributed by atoms with E-state index in [2.05, 4.69) is 16.0 Å². The molecule has 8 N–H and O–H groups in total. The number of phenolic OH excluding ortho intramolecular Hbond substituents is 1. The van der Waals surface area contributed by atoms with Crippen LogP contribution in [0.3, 0.4) is 0 Å². The third-order valence-corrected chi connectivity index (χ3v) is 6.43. The van der Waals surface area contributed by atoms with E-state index in [1.54, 1.807) is 49.4 Å². The van der Waals surface area contributed by atoms with E-state index in [0.717, 1.165) is 0 Å². The van der Waals surface area contributed by atoms with E-state index in [9.17, 15) is 34.2 Å². The molecule has 0 saturated carbocycles. The van der Waals surface area contributed by atoms with E-state index < -0.39 is 60.2 Å². The van der Waals surface area contributed by atoms with Gasteiger partial charge in [0.05, 0.1) is 12.5 Å². The number of carbonyl (C=O) groups excluding carboxylic acids is 3. The highest BCUT2D eigenvalue weighted by atomic mass is 16.4. The molecular weight excluding hydrogens is 520 g/mol. The van der Waals surface area contributed by atoms with Crippen LogP contribution in [-0.4, -0.2) is 69.1 Å². The van der Waals surface area contributed by atoms with Crippen molar-refractivity contribution in [3.8, 4) is 5.75 Å². The lowest BCUT2D eigenvalue weighted by molar-refractivity contribution is -0.147. The zero-order chi connectivity index (χ0) is 29.8. The molecule has 0 aliphatic rings. The fourth-order valence-electron chi connectivity index (χ4n) is 3.91. The number of carbonyl (C=O) groups is 5. The Morgan fingerprint density at radius 1 is 0.775 bits per heavy atom. The largest absolute Gasteiger partial charge is 0.508 e. The van der Waals surface area contributed by atoms with Crippen molar-refractivity contribution in [1.82, 2.24) is 16.0 Å². The molecule has 5 atom stereocenters. The van der Waals surface area contributed by atoms with Crippen LogP contribution in [0.25, 0.3) is 0 Å². The number of aromatic hydroxyl groups is 1. The van der Waals surface area contributed by atoms with Gasteiger partial charge in [-0.3, -0.25) is 19.2 Å². The van der Waals surface area contributed by atoms with Gasteiger partial charge in [0.2, 0.25) is 17.7 Å². The highest BCUT2D eigenvalue weighted by Crippen LogP contribution is 2.13. The fraction of sp³-hybridized carbons (Fsp3) is 0.393. The molecule has 0 aliphatic carbocycles. The van der Waals surface area contributed by atoms with E-state index in [0.29, 0.717) is 17.5 Å². The molecule has 0 heterocycles. The van der Waals surface area contributed by atoms with Crippen LogP contribution in [-0.2, 0) is 36.8 Å². The average molecular weight is 557 g/mol. The van der Waals surface area contributed by atoms with Crippen molar-refractivity contribution < 1.29 is 39.3 Å². The Labute approximate surface area is 232 Å². The van der Waals surface area contributed by atoms with Crippen molar-refractivity contribution in [3.63, 3.8) is 0 Å². The molecule has 2 rings (SSSR count). The lowest BCUT2D eigenvalue weighted by Crippen LogP contribution is -2.59. The monoisotopic (exact) mass is 556 g/mol. The van der Waals surface area contributed by atoms with Gasteiger partial charge in [0.25, 0.3) is 0 Å². The number of carboxylic acid groups (broad SMARTS) is 2. The molecule has 0 aliphatic heterocycles. The van der Waals surface area contributed by atoms with E-state index in [1.807, 2.05) is 6.92 Å². The van der Waals surface area contributed by atoms with Crippen LogP contribution in [0.4, 0.5) is 0 Å². The summed E-state index contributed by atoms with van der Waals surface area (Å²) in [7, 11) is 0. The standard InChI is InChI=1S/C28H36N4O8/c1-3-16(2)24(32-25(36)20(29)13-18-9-11-19(33)12-10-18)27(38)30-21(14-17-7-5-4-6-8-17)26(37)31-22(28(39)40)15-23(34)35/h4-12,16,20-22,24,33H,3,13-15,29H2,1-2H3,(H,30,38)(H,31,37)(H,32,36)(H,34,35)(H,39,40). The van der Waals surface area contributed by atoms with Gasteiger partial charge in [0, 0.05) is 6.42 Å². The Balaban J connectivity index is 2.22. The second-order valence-corrected chi connectivity index (χ2v) is 9.60. The van der Waals surface area contributed by atoms with Gasteiger partial charge in [0.15, 0.2) is 0 Å². The summed E-state index contributed by atoms with van der Waals surface area (Å²) in [4.78, 5) is 62.0. The maximum Gasteiger partial charge on any atom is 0.326 e. The van der Waals surface area contributed by atoms with Gasteiger partial charge in [-0.2, -0.15) is 0 Å². The normalized spacial score (nSPS) is 14.6. The summed E-state index contributed by atoms with van der Waals surface area (Å²) >= 11 is 0. The van der Waals surface area contributed by atoms with E-state index in [-0.39, 0.29) is 24.5 Å². The molecule has 5 unspecified atom stereocenters. The van der Waals surface area contributed by atoms with Gasteiger partial charge in [-0.15, -0.1) is 0 Å². The van der Waals surface area contributed by atoms with Gasteiger partial charge < -0.3 is 37.0 Å². The number of benzene rings is 2. The molecule has 0 radical (unpaired) electrons. The number of phenols is 1. The minimum Gasteiger partial charge on any atom is -0.508 e. The predicted molar refractivity (Wildman–Crippen MR) is 145 cm³/mol. The molecule has 0 saturated heterocycles. The zero-order valence-corrected chi connectivity index (χ0v) is 22.4. The van der Waals surface area contributed by atoms with Crippen LogP contribution >= 0.6 is 0 Å². The average Bonchev–Trinajstić information content (AvgIpc) is 2.91. The van der Waals surface area contributed by atoms with Gasteiger partial charge in [0.1, 0.15) is 23.9 Å². The summed E-state index contributed by atoms with van der Waals surface area (Å²) in [5, 5.41) is 35.3. The summed E-state index contributed by atoms with van der Waals surface area (Å²) in [6.45, 7) is 3.57. The maximum atomic E-state index is 13.4. The Bertz CT molecular complexity index is 1170. The number of nitrogens with two attached hydrogens (primary N) is 1. The summed E-state index contributed by atoms with van der Waals surface area (Å²) in [5.74, 6) is -5.40. The molecule has 12 heteroatoms. The molecule has 0 bridgehead atoms. The topological polar surface area (TPSA) is 208 Å². The fourth-order valence-corrected chi connectivity index (χ4v) is 3.91. The number of rotatable bonds is 15. The molecule has 0 fully saturated rings. The Morgan fingerprint density at radius 2 is 1.35 bits per heavy atom. The first-order chi connectivity index (χ1) is 18.9. The molecule has 216 valence electrons. The van der Waals surface area contributed by atoms with Crippen molar-refractivity contribution in [2.45, 2.75) is 63.7 Å². The predicted octanol–water partition coefficient (Wildman–Crippen LogP) is 0.565. The molecular formula is C28H36N4O8. The van der Waals surface area contributed by atoms with E-state index >= 15 is 0 Å². The summed E-state index contributed by atoms with van der Waals surface area (Å²) in [5.41, 5.74) is 7.45. The van der Waals surface area contributed by atoms with Crippen LogP contribution in [0.5, 0.6) is 5.75 Å². The van der Waals surface area contributed by atoms with Crippen LogP contribution < -0.4 is 21.7 Å². The quantitative estimate of drug-likeness (QED) is 0.163. The van der Waals surface area contributed by atoms with Crippen molar-refractivity contribution in [3.05, 3.63) is 65.7 Å². The van der Waals surface area contributed by atoms with Crippen LogP contribution in [0.1, 0.15) is 37.8 Å². The van der Waals surface area contributed by atoms with Gasteiger partial charge in [-0.05, 0) is 35.6 Å². The summed E-state index contributed by atoms with van der Waals surface area (Å²) < 4.78 is 0. The number of hydrogen-bond donors (Lipinski definition) is 7. The van der Waals surface area contributed by atoms with Gasteiger partial charge in [-0.1, -0.05) is 62.7 Å². The third-order valence-electron chi connectivity index (χ3n) is 6.43. The lowest BCUT2D eigenvalue weighted by Gasteiger charge is -2.28. The minimum absolute atomic E-state index is 0.0145. The Hall–Kier alpha value is -4.45. The highest BCUT2D eigenvalue weighted by Gasteiger charge is 2.33. The highest BCUT2D eigenvalue weighted by molar-refractivity contribution is 5.95. The number of carboxylic acids is 2. The molecule has 12 nitrogen and oxygen atoms in total. The lowest BCUT2D eigenvalue weighted by atomic mass is 9.96. The Kier molecular flexibility index (Phi) is 12.1. The van der Waals surface area contributed by atoms with Crippen LogP contribution in [0, 0.1) is 5.92 Å². The van der Waals surface area contributed by atoms with Crippen molar-refractivity contribution >= 4 is 29.7 Å². The second-order valence-electron chi connectivity index (χ2n) is 9.60. The second kappa shape index (κ2) is 15.2. The maximum absolute atomic E-state index is 13.4. The SMILES string of the molecule is CCC(C)C(NC(=O)C(N)Cc1ccc(O)cc1)C(=O)NC(Cc1ccccc1)C(=O)NC(CC(=O)O)C(=O)O. The van der Waals surface area contributed by atoms with Crippen LogP contribution in [0.15, 0.2) is 54.6 Å². The zero-order valence-electron chi connectivity index (χ0n) is 22.4. The Morgan fingerprint density at radius 3 is 1.90 bits per heavy atom. The molecule has 2 aromatic carbocycles. The number of hydrogen-bond acceptors (Lipinski definition) is 7. The third kappa shape index (κ3) is 10.0. The molecule has 0 aromatic heterocycles. The molecule has 0 spiro atoms. The molecule has 40 heavy (non-hydrogen) atoms. The first-order valence-electron chi connectivity index (χ1n) is 12.8. The van der Waals surface area contributed by atoms with Crippen molar-refractivity contribution in [1.29, 1.82) is 0 Å². The molecule has 2 aromatic rings. The van der Waals surface area contributed by atoms with Crippen LogP contribution in [0.2, 0.25) is 0 Å².